The summed E-state index contributed by atoms with van der Waals surface area (Å²) in [5.41, 5.74) is 0.750. The van der Waals surface area contributed by atoms with E-state index in [9.17, 15) is 4.79 Å². The molecule has 0 radical (unpaired) electrons. The number of carbonyl (C=O) groups is 1. The highest BCUT2D eigenvalue weighted by Crippen LogP contribution is 2.18. The fraction of sp³-hybridized carbons (Fsp3) is 0.692. The van der Waals surface area contributed by atoms with Gasteiger partial charge in [0.2, 0.25) is 5.91 Å². The number of piperidine rings is 1. The molecule has 1 aliphatic heterocycles. The van der Waals surface area contributed by atoms with Gasteiger partial charge in [0.1, 0.15) is 0 Å². The Labute approximate surface area is 108 Å². The molecule has 5 nitrogen and oxygen atoms in total. The Kier molecular flexibility index (Phi) is 4.01. The molecule has 2 heterocycles. The van der Waals surface area contributed by atoms with Crippen LogP contribution in [0.2, 0.25) is 0 Å². The van der Waals surface area contributed by atoms with Crippen LogP contribution in [0, 0.1) is 6.92 Å². The molecule has 0 aromatic carbocycles. The van der Waals surface area contributed by atoms with Gasteiger partial charge in [-0.1, -0.05) is 0 Å². The minimum Gasteiger partial charge on any atom is -0.353 e. The van der Waals surface area contributed by atoms with Crippen LogP contribution in [0.4, 0.5) is 0 Å². The Morgan fingerprint density at radius 3 is 3.06 bits per heavy atom. The first-order valence-electron chi connectivity index (χ1n) is 6.62. The Morgan fingerprint density at radius 1 is 1.61 bits per heavy atom. The molecule has 1 aromatic rings. The maximum absolute atomic E-state index is 12.1. The molecule has 1 aromatic heterocycles. The van der Waals surface area contributed by atoms with Crippen molar-refractivity contribution in [1.82, 2.24) is 20.4 Å². The topological polar surface area (TPSA) is 59.0 Å². The number of hydrogen-bond donors (Lipinski definition) is 2. The minimum atomic E-state index is -0.391. The Balaban J connectivity index is 1.77. The largest absolute Gasteiger partial charge is 0.353 e. The van der Waals surface area contributed by atoms with Crippen molar-refractivity contribution >= 4 is 5.91 Å². The maximum Gasteiger partial charge on any atom is 0.240 e. The predicted octanol–water partition coefficient (Wildman–Crippen LogP) is 0.840. The molecule has 1 fully saturated rings. The highest BCUT2D eigenvalue weighted by molar-refractivity contribution is 5.85. The van der Waals surface area contributed by atoms with Crippen molar-refractivity contribution in [3.05, 3.63) is 18.0 Å². The molecule has 1 unspecified atom stereocenters. The molecule has 1 saturated heterocycles. The van der Waals surface area contributed by atoms with Crippen LogP contribution in [0.5, 0.6) is 0 Å². The van der Waals surface area contributed by atoms with Crippen LogP contribution in [0.3, 0.4) is 0 Å². The van der Waals surface area contributed by atoms with Crippen LogP contribution in [0.25, 0.3) is 0 Å². The van der Waals surface area contributed by atoms with Gasteiger partial charge in [-0.2, -0.15) is 5.10 Å². The van der Waals surface area contributed by atoms with Crippen LogP contribution in [-0.2, 0) is 11.3 Å². The summed E-state index contributed by atoms with van der Waals surface area (Å²) < 4.78 is 1.85. The van der Waals surface area contributed by atoms with Crippen LogP contribution in [0.1, 0.15) is 31.7 Å². The Bertz CT molecular complexity index is 407. The van der Waals surface area contributed by atoms with E-state index in [1.807, 2.05) is 30.9 Å². The molecule has 2 rings (SSSR count). The lowest BCUT2D eigenvalue weighted by atomic mass is 9.90. The van der Waals surface area contributed by atoms with E-state index in [4.69, 9.17) is 0 Å². The zero-order valence-electron chi connectivity index (χ0n) is 11.2. The highest BCUT2D eigenvalue weighted by atomic mass is 16.2. The van der Waals surface area contributed by atoms with E-state index < -0.39 is 5.54 Å². The van der Waals surface area contributed by atoms with Crippen molar-refractivity contribution in [2.75, 3.05) is 13.1 Å². The second-order valence-electron chi connectivity index (χ2n) is 5.25. The maximum atomic E-state index is 12.1. The van der Waals surface area contributed by atoms with Gasteiger partial charge in [-0.05, 0) is 45.2 Å². The van der Waals surface area contributed by atoms with Crippen molar-refractivity contribution < 1.29 is 4.79 Å². The number of hydrogen-bond acceptors (Lipinski definition) is 3. The van der Waals surface area contributed by atoms with Crippen LogP contribution in [-0.4, -0.2) is 34.3 Å². The molecule has 0 aliphatic carbocycles. The van der Waals surface area contributed by atoms with E-state index in [1.54, 1.807) is 0 Å². The number of amides is 1. The summed E-state index contributed by atoms with van der Waals surface area (Å²) in [5, 5.41) is 10.5. The summed E-state index contributed by atoms with van der Waals surface area (Å²) in [6.07, 6.45) is 7.00. The van der Waals surface area contributed by atoms with E-state index in [1.165, 1.54) is 0 Å². The summed E-state index contributed by atoms with van der Waals surface area (Å²) in [4.78, 5) is 12.1. The highest BCUT2D eigenvalue weighted by Gasteiger charge is 2.33. The van der Waals surface area contributed by atoms with Crippen molar-refractivity contribution in [1.29, 1.82) is 0 Å². The quantitative estimate of drug-likeness (QED) is 0.832. The van der Waals surface area contributed by atoms with E-state index in [0.29, 0.717) is 6.54 Å². The fourth-order valence-corrected chi connectivity index (χ4v) is 2.32. The summed E-state index contributed by atoms with van der Waals surface area (Å²) in [6, 6.07) is 0. The summed E-state index contributed by atoms with van der Waals surface area (Å²) >= 11 is 0. The van der Waals surface area contributed by atoms with Gasteiger partial charge in [0.25, 0.3) is 0 Å². The van der Waals surface area contributed by atoms with E-state index in [0.717, 1.165) is 37.9 Å². The van der Waals surface area contributed by atoms with Gasteiger partial charge in [0.15, 0.2) is 0 Å². The fourth-order valence-electron chi connectivity index (χ4n) is 2.32. The lowest BCUT2D eigenvalue weighted by molar-refractivity contribution is -0.127. The number of aromatic nitrogens is 2. The molecular weight excluding hydrogens is 228 g/mol. The molecule has 0 bridgehead atoms. The van der Waals surface area contributed by atoms with Crippen molar-refractivity contribution in [2.45, 2.75) is 45.2 Å². The van der Waals surface area contributed by atoms with Gasteiger partial charge in [0, 0.05) is 12.7 Å². The molecule has 2 N–H and O–H groups in total. The number of aryl methyl sites for hydroxylation is 1. The third-order valence-corrected chi connectivity index (χ3v) is 3.51. The minimum absolute atomic E-state index is 0.103. The van der Waals surface area contributed by atoms with Crippen LogP contribution < -0.4 is 10.6 Å². The second kappa shape index (κ2) is 5.52. The second-order valence-corrected chi connectivity index (χ2v) is 5.25. The van der Waals surface area contributed by atoms with Gasteiger partial charge in [-0.15, -0.1) is 0 Å². The first-order chi connectivity index (χ1) is 8.60. The number of rotatable bonds is 4. The molecule has 100 valence electrons. The normalized spacial score (nSPS) is 23.9. The number of nitrogens with one attached hydrogen (secondary N) is 2. The molecular formula is C13H22N4O. The SMILES string of the molecule is Cc1cnn(CCNC(=O)C2(C)CCCCN2)c1. The van der Waals surface area contributed by atoms with Crippen LogP contribution >= 0.6 is 0 Å². The zero-order chi connectivity index (χ0) is 13.0. The van der Waals surface area contributed by atoms with Crippen LogP contribution in [0.15, 0.2) is 12.4 Å². The predicted molar refractivity (Wildman–Crippen MR) is 70.2 cm³/mol. The first kappa shape index (κ1) is 13.1. The smallest absolute Gasteiger partial charge is 0.240 e. The summed E-state index contributed by atoms with van der Waals surface area (Å²) in [5.74, 6) is 0.103. The van der Waals surface area contributed by atoms with Gasteiger partial charge < -0.3 is 10.6 Å². The average molecular weight is 250 g/mol. The van der Waals surface area contributed by atoms with E-state index in [-0.39, 0.29) is 5.91 Å². The van der Waals surface area contributed by atoms with Gasteiger partial charge in [-0.25, -0.2) is 0 Å². The lowest BCUT2D eigenvalue weighted by Gasteiger charge is -2.33. The molecule has 1 aliphatic rings. The molecule has 1 amide bonds. The zero-order valence-corrected chi connectivity index (χ0v) is 11.2. The number of carbonyl (C=O) groups excluding carboxylic acids is 1. The first-order valence-corrected chi connectivity index (χ1v) is 6.62. The average Bonchev–Trinajstić information content (AvgIpc) is 2.76. The van der Waals surface area contributed by atoms with Gasteiger partial charge in [0.05, 0.1) is 18.3 Å². The van der Waals surface area contributed by atoms with Gasteiger partial charge >= 0.3 is 0 Å². The van der Waals surface area contributed by atoms with Crippen molar-refractivity contribution in [3.63, 3.8) is 0 Å². The molecule has 18 heavy (non-hydrogen) atoms. The third-order valence-electron chi connectivity index (χ3n) is 3.51. The van der Waals surface area contributed by atoms with Crippen molar-refractivity contribution in [3.8, 4) is 0 Å². The molecule has 5 heteroatoms. The standard InChI is InChI=1S/C13H22N4O/c1-11-9-16-17(10-11)8-7-14-12(18)13(2)5-3-4-6-15-13/h9-10,15H,3-8H2,1-2H3,(H,14,18). The lowest BCUT2D eigenvalue weighted by Crippen LogP contribution is -2.57. The third kappa shape index (κ3) is 3.10. The van der Waals surface area contributed by atoms with E-state index >= 15 is 0 Å². The number of nitrogens with zero attached hydrogens (tertiary/aromatic N) is 2. The van der Waals surface area contributed by atoms with Gasteiger partial charge in [-0.3, -0.25) is 9.48 Å². The molecule has 0 saturated carbocycles. The molecule has 1 atom stereocenters. The monoisotopic (exact) mass is 250 g/mol. The van der Waals surface area contributed by atoms with E-state index in [2.05, 4.69) is 15.7 Å². The summed E-state index contributed by atoms with van der Waals surface area (Å²) in [7, 11) is 0. The van der Waals surface area contributed by atoms with Crippen molar-refractivity contribution in [2.24, 2.45) is 0 Å². The summed E-state index contributed by atoms with van der Waals surface area (Å²) in [6.45, 7) is 6.27. The Morgan fingerprint density at radius 2 is 2.44 bits per heavy atom. The Hall–Kier alpha value is -1.36. The molecule has 0 spiro atoms.